The molecule has 0 unspecified atom stereocenters. The number of rotatable bonds is 4. The molecule has 6 heteroatoms. The summed E-state index contributed by atoms with van der Waals surface area (Å²) in [6.45, 7) is 4.06. The molecule has 0 aliphatic rings. The number of hydrogen-bond acceptors (Lipinski definition) is 4. The molecule has 0 spiro atoms. The van der Waals surface area contributed by atoms with Crippen LogP contribution in [0.2, 0.25) is 0 Å². The highest BCUT2D eigenvalue weighted by atomic mass is 16.6. The molecule has 0 amide bonds. The lowest BCUT2D eigenvalue weighted by Crippen LogP contribution is -2.22. The van der Waals surface area contributed by atoms with Crippen LogP contribution >= 0.6 is 0 Å². The van der Waals surface area contributed by atoms with E-state index in [0.29, 0.717) is 6.61 Å². The van der Waals surface area contributed by atoms with Gasteiger partial charge in [-0.1, -0.05) is 13.3 Å². The monoisotopic (exact) mass is 205 g/mol. The predicted octanol–water partition coefficient (Wildman–Crippen LogP) is 0.171. The summed E-state index contributed by atoms with van der Waals surface area (Å²) in [6, 6.07) is 0. The molecule has 0 bridgehead atoms. The first kappa shape index (κ1) is 15.0. The van der Waals surface area contributed by atoms with Crippen LogP contribution in [0.15, 0.2) is 5.16 Å². The van der Waals surface area contributed by atoms with Crippen molar-refractivity contribution in [2.45, 2.75) is 26.7 Å². The van der Waals surface area contributed by atoms with Gasteiger partial charge in [0.05, 0.1) is 6.61 Å². The smallest absolute Gasteiger partial charge is 0.302 e. The topological polar surface area (TPSA) is 99.9 Å². The van der Waals surface area contributed by atoms with Crippen LogP contribution in [0.3, 0.4) is 0 Å². The Morgan fingerprint density at radius 1 is 1.43 bits per heavy atom. The van der Waals surface area contributed by atoms with Gasteiger partial charge in [-0.15, -0.1) is 0 Å². The summed E-state index contributed by atoms with van der Waals surface area (Å²) in [4.78, 5) is 14.2. The molecule has 0 atom stereocenters. The summed E-state index contributed by atoms with van der Waals surface area (Å²) in [5, 5.41) is 3.10. The molecule has 0 rings (SSSR count). The normalized spacial score (nSPS) is 7.93. The molecule has 84 valence electrons. The van der Waals surface area contributed by atoms with Crippen molar-refractivity contribution in [1.82, 2.24) is 0 Å². The molecular formula is C8H19N3O3. The molecule has 0 heterocycles. The summed E-state index contributed by atoms with van der Waals surface area (Å²) >= 11 is 0. The fraction of sp³-hybridized carbons (Fsp3) is 0.750. The van der Waals surface area contributed by atoms with Gasteiger partial charge in [0.2, 0.25) is 5.96 Å². The number of nitrogens with zero attached hydrogens (tertiary/aromatic N) is 1. The van der Waals surface area contributed by atoms with Gasteiger partial charge < -0.3 is 21.0 Å². The van der Waals surface area contributed by atoms with Crippen LogP contribution in [0.4, 0.5) is 0 Å². The van der Waals surface area contributed by atoms with E-state index in [2.05, 4.69) is 21.7 Å². The largest absolute Gasteiger partial charge is 0.466 e. The maximum absolute atomic E-state index is 10.1. The number of nitrogens with two attached hydrogens (primary N) is 2. The number of unbranched alkanes of at least 4 members (excludes halogenated alkanes) is 1. The molecule has 6 nitrogen and oxygen atoms in total. The molecule has 0 saturated heterocycles. The van der Waals surface area contributed by atoms with Crippen molar-refractivity contribution < 1.29 is 14.4 Å². The third-order valence-corrected chi connectivity index (χ3v) is 1.000. The fourth-order valence-electron chi connectivity index (χ4n) is 0.466. The van der Waals surface area contributed by atoms with Crippen LogP contribution in [0.5, 0.6) is 0 Å². The fourth-order valence-corrected chi connectivity index (χ4v) is 0.466. The zero-order valence-corrected chi connectivity index (χ0v) is 8.95. The average molecular weight is 205 g/mol. The van der Waals surface area contributed by atoms with Gasteiger partial charge in [-0.2, -0.15) is 0 Å². The minimum atomic E-state index is -0.182. The lowest BCUT2D eigenvalue weighted by Gasteiger charge is -1.96. The molecule has 0 saturated carbocycles. The Labute approximate surface area is 84.2 Å². The summed E-state index contributed by atoms with van der Waals surface area (Å²) in [6.07, 6.45) is 2.05. The SMILES string of the molecule is CCCCOC(C)=O.CON=C(N)N. The Morgan fingerprint density at radius 2 is 2.00 bits per heavy atom. The van der Waals surface area contributed by atoms with Gasteiger partial charge in [-0.05, 0) is 11.6 Å². The number of ether oxygens (including phenoxy) is 1. The average Bonchev–Trinajstić information content (AvgIpc) is 2.05. The number of carbonyl (C=O) groups excluding carboxylic acids is 1. The van der Waals surface area contributed by atoms with Crippen LogP contribution < -0.4 is 11.5 Å². The van der Waals surface area contributed by atoms with E-state index in [1.807, 2.05) is 0 Å². The zero-order chi connectivity index (χ0) is 11.4. The molecule has 0 aromatic rings. The molecule has 0 fully saturated rings. The Balaban J connectivity index is 0. The van der Waals surface area contributed by atoms with E-state index in [0.717, 1.165) is 12.8 Å². The van der Waals surface area contributed by atoms with Crippen molar-refractivity contribution in [3.63, 3.8) is 0 Å². The lowest BCUT2D eigenvalue weighted by atomic mass is 10.4. The van der Waals surface area contributed by atoms with Crippen LogP contribution in [-0.2, 0) is 14.4 Å². The maximum Gasteiger partial charge on any atom is 0.302 e. The predicted molar refractivity (Wildman–Crippen MR) is 54.4 cm³/mol. The zero-order valence-electron chi connectivity index (χ0n) is 8.95. The highest BCUT2D eigenvalue weighted by Crippen LogP contribution is 1.86. The Morgan fingerprint density at radius 3 is 2.21 bits per heavy atom. The summed E-state index contributed by atoms with van der Waals surface area (Å²) in [5.74, 6) is -0.240. The van der Waals surface area contributed by atoms with Crippen molar-refractivity contribution in [2.75, 3.05) is 13.7 Å². The van der Waals surface area contributed by atoms with Crippen LogP contribution in [-0.4, -0.2) is 25.6 Å². The number of guanidine groups is 1. The highest BCUT2D eigenvalue weighted by molar-refractivity contribution is 5.74. The second-order valence-corrected chi connectivity index (χ2v) is 2.39. The van der Waals surface area contributed by atoms with Gasteiger partial charge >= 0.3 is 5.97 Å². The first-order valence-electron chi connectivity index (χ1n) is 4.30. The first-order valence-corrected chi connectivity index (χ1v) is 4.30. The number of carbonyl (C=O) groups is 1. The van der Waals surface area contributed by atoms with Crippen molar-refractivity contribution in [2.24, 2.45) is 16.6 Å². The summed E-state index contributed by atoms with van der Waals surface area (Å²) in [5.41, 5.74) is 9.61. The molecule has 0 aliphatic carbocycles. The van der Waals surface area contributed by atoms with E-state index in [-0.39, 0.29) is 11.9 Å². The first-order chi connectivity index (χ1) is 6.54. The Kier molecular flexibility index (Phi) is 12.4. The van der Waals surface area contributed by atoms with Crippen molar-refractivity contribution in [3.05, 3.63) is 0 Å². The molecule has 0 radical (unpaired) electrons. The Hall–Kier alpha value is -1.46. The van der Waals surface area contributed by atoms with Crippen molar-refractivity contribution >= 4 is 11.9 Å². The molecule has 4 N–H and O–H groups in total. The van der Waals surface area contributed by atoms with Crippen molar-refractivity contribution in [1.29, 1.82) is 0 Å². The lowest BCUT2D eigenvalue weighted by molar-refractivity contribution is -0.141. The maximum atomic E-state index is 10.1. The van der Waals surface area contributed by atoms with E-state index >= 15 is 0 Å². The molecule has 0 aliphatic heterocycles. The van der Waals surface area contributed by atoms with Crippen LogP contribution in [0, 0.1) is 0 Å². The van der Waals surface area contributed by atoms with E-state index < -0.39 is 0 Å². The van der Waals surface area contributed by atoms with Gasteiger partial charge in [0, 0.05) is 6.92 Å². The second kappa shape index (κ2) is 11.5. The van der Waals surface area contributed by atoms with Gasteiger partial charge in [-0.3, -0.25) is 4.79 Å². The number of hydrogen-bond donors (Lipinski definition) is 2. The van der Waals surface area contributed by atoms with Gasteiger partial charge in [0.15, 0.2) is 0 Å². The standard InChI is InChI=1S/C6H12O2.C2H7N3O/c1-3-4-5-8-6(2)7;1-6-5-2(3)4/h3-5H2,1-2H3;1H3,(H4,3,4,5). The summed E-state index contributed by atoms with van der Waals surface area (Å²) < 4.78 is 4.64. The van der Waals surface area contributed by atoms with E-state index in [1.165, 1.54) is 14.0 Å². The van der Waals surface area contributed by atoms with Gasteiger partial charge in [0.1, 0.15) is 7.11 Å². The number of oxime groups is 1. The Bertz CT molecular complexity index is 167. The number of esters is 1. The summed E-state index contributed by atoms with van der Waals surface area (Å²) in [7, 11) is 1.37. The third kappa shape index (κ3) is 22.4. The van der Waals surface area contributed by atoms with E-state index in [9.17, 15) is 4.79 Å². The minimum Gasteiger partial charge on any atom is -0.466 e. The van der Waals surface area contributed by atoms with Gasteiger partial charge in [-0.25, -0.2) is 0 Å². The van der Waals surface area contributed by atoms with E-state index in [1.54, 1.807) is 0 Å². The molecular weight excluding hydrogens is 186 g/mol. The molecule has 0 aromatic carbocycles. The highest BCUT2D eigenvalue weighted by Gasteiger charge is 1.88. The quantitative estimate of drug-likeness (QED) is 0.224. The van der Waals surface area contributed by atoms with E-state index in [4.69, 9.17) is 11.5 Å². The van der Waals surface area contributed by atoms with Gasteiger partial charge in [0.25, 0.3) is 0 Å². The second-order valence-electron chi connectivity index (χ2n) is 2.39. The van der Waals surface area contributed by atoms with Crippen LogP contribution in [0.1, 0.15) is 26.7 Å². The molecule has 14 heavy (non-hydrogen) atoms. The molecule has 0 aromatic heterocycles. The minimum absolute atomic E-state index is 0.0579. The van der Waals surface area contributed by atoms with Crippen LogP contribution in [0.25, 0.3) is 0 Å². The third-order valence-electron chi connectivity index (χ3n) is 1.000. The van der Waals surface area contributed by atoms with Crippen molar-refractivity contribution in [3.8, 4) is 0 Å².